The van der Waals surface area contributed by atoms with Crippen LogP contribution in [0.25, 0.3) is 11.1 Å². The largest absolute Gasteiger partial charge is 0.545 e. The first-order chi connectivity index (χ1) is 12.0. The fourth-order valence-electron chi connectivity index (χ4n) is 2.40. The number of nitrogens with one attached hydrogen (secondary N) is 1. The van der Waals surface area contributed by atoms with Crippen molar-refractivity contribution in [3.63, 3.8) is 0 Å². The molecular formula is C19H13ClNO3S-. The van der Waals surface area contributed by atoms with Crippen molar-refractivity contribution >= 4 is 39.8 Å². The standard InChI is InChI=1S/C19H14ClNO3S/c1-11-5-7-12(8-6-11)15-10-25-18(16(15)19(23)24)21-17(22)13-3-2-4-14(20)9-13/h2-10H,1H3,(H,21,22)(H,23,24)/p-1. The molecule has 25 heavy (non-hydrogen) atoms. The van der Waals surface area contributed by atoms with E-state index in [0.717, 1.165) is 22.5 Å². The van der Waals surface area contributed by atoms with Crippen LogP contribution in [0.3, 0.4) is 0 Å². The number of aromatic carboxylic acids is 1. The molecule has 0 saturated heterocycles. The van der Waals surface area contributed by atoms with Gasteiger partial charge in [0.1, 0.15) is 5.00 Å². The summed E-state index contributed by atoms with van der Waals surface area (Å²) in [7, 11) is 0. The van der Waals surface area contributed by atoms with Gasteiger partial charge in [-0.1, -0.05) is 47.5 Å². The lowest BCUT2D eigenvalue weighted by Gasteiger charge is -2.10. The quantitative estimate of drug-likeness (QED) is 0.754. The zero-order valence-electron chi connectivity index (χ0n) is 13.2. The van der Waals surface area contributed by atoms with Gasteiger partial charge in [0.25, 0.3) is 5.91 Å². The van der Waals surface area contributed by atoms with Crippen molar-refractivity contribution in [2.75, 3.05) is 5.32 Å². The number of amides is 1. The van der Waals surface area contributed by atoms with Gasteiger partial charge in [-0.3, -0.25) is 4.79 Å². The van der Waals surface area contributed by atoms with Gasteiger partial charge in [0.05, 0.1) is 5.97 Å². The van der Waals surface area contributed by atoms with E-state index in [9.17, 15) is 14.7 Å². The fraction of sp³-hybridized carbons (Fsp3) is 0.0526. The molecule has 0 aliphatic heterocycles. The molecule has 1 aromatic heterocycles. The highest BCUT2D eigenvalue weighted by atomic mass is 35.5. The number of anilines is 1. The molecule has 0 radical (unpaired) electrons. The van der Waals surface area contributed by atoms with E-state index in [1.807, 2.05) is 31.2 Å². The van der Waals surface area contributed by atoms with E-state index in [-0.39, 0.29) is 10.6 Å². The summed E-state index contributed by atoms with van der Waals surface area (Å²) < 4.78 is 0. The van der Waals surface area contributed by atoms with Crippen molar-refractivity contribution < 1.29 is 14.7 Å². The van der Waals surface area contributed by atoms with Gasteiger partial charge in [0.15, 0.2) is 0 Å². The first-order valence-corrected chi connectivity index (χ1v) is 8.68. The summed E-state index contributed by atoms with van der Waals surface area (Å²) in [6, 6.07) is 13.9. The number of rotatable bonds is 4. The van der Waals surface area contributed by atoms with Gasteiger partial charge < -0.3 is 15.2 Å². The maximum absolute atomic E-state index is 12.4. The second kappa shape index (κ2) is 7.09. The number of halogens is 1. The summed E-state index contributed by atoms with van der Waals surface area (Å²) in [5.41, 5.74) is 2.67. The molecule has 0 unspecified atom stereocenters. The zero-order chi connectivity index (χ0) is 18.0. The highest BCUT2D eigenvalue weighted by molar-refractivity contribution is 7.15. The Morgan fingerprint density at radius 1 is 1.12 bits per heavy atom. The fourth-order valence-corrected chi connectivity index (χ4v) is 3.55. The number of carbonyl (C=O) groups is 2. The molecule has 0 bridgehead atoms. The van der Waals surface area contributed by atoms with Crippen LogP contribution >= 0.6 is 22.9 Å². The van der Waals surface area contributed by atoms with Crippen molar-refractivity contribution in [1.29, 1.82) is 0 Å². The van der Waals surface area contributed by atoms with Gasteiger partial charge in [-0.15, -0.1) is 11.3 Å². The minimum absolute atomic E-state index is 0.0239. The van der Waals surface area contributed by atoms with Crippen LogP contribution in [0.15, 0.2) is 53.9 Å². The molecule has 4 nitrogen and oxygen atoms in total. The number of hydrogen-bond acceptors (Lipinski definition) is 4. The Balaban J connectivity index is 1.96. The predicted octanol–water partition coefficient (Wildman–Crippen LogP) is 3.99. The van der Waals surface area contributed by atoms with Crippen LogP contribution in [-0.4, -0.2) is 11.9 Å². The van der Waals surface area contributed by atoms with Gasteiger partial charge >= 0.3 is 0 Å². The maximum Gasteiger partial charge on any atom is 0.256 e. The zero-order valence-corrected chi connectivity index (χ0v) is 14.8. The lowest BCUT2D eigenvalue weighted by atomic mass is 10.0. The summed E-state index contributed by atoms with van der Waals surface area (Å²) in [4.78, 5) is 24.0. The number of benzene rings is 2. The van der Waals surface area contributed by atoms with E-state index < -0.39 is 11.9 Å². The van der Waals surface area contributed by atoms with E-state index >= 15 is 0 Å². The van der Waals surface area contributed by atoms with E-state index in [4.69, 9.17) is 11.6 Å². The monoisotopic (exact) mass is 370 g/mol. The minimum Gasteiger partial charge on any atom is -0.545 e. The van der Waals surface area contributed by atoms with Crippen LogP contribution in [0.1, 0.15) is 26.3 Å². The highest BCUT2D eigenvalue weighted by Gasteiger charge is 2.17. The Hall–Kier alpha value is -2.63. The van der Waals surface area contributed by atoms with Crippen molar-refractivity contribution in [3.05, 3.63) is 75.6 Å². The van der Waals surface area contributed by atoms with Crippen molar-refractivity contribution in [3.8, 4) is 11.1 Å². The Bertz CT molecular complexity index is 948. The maximum atomic E-state index is 12.4. The molecule has 126 valence electrons. The first kappa shape index (κ1) is 17.2. The van der Waals surface area contributed by atoms with Crippen molar-refractivity contribution in [1.82, 2.24) is 0 Å². The van der Waals surface area contributed by atoms with Gasteiger partial charge in [-0.25, -0.2) is 0 Å². The highest BCUT2D eigenvalue weighted by Crippen LogP contribution is 2.35. The molecule has 6 heteroatoms. The van der Waals surface area contributed by atoms with Crippen molar-refractivity contribution in [2.24, 2.45) is 0 Å². The van der Waals surface area contributed by atoms with Gasteiger partial charge in [0.2, 0.25) is 0 Å². The topological polar surface area (TPSA) is 69.2 Å². The number of carboxylic acids is 1. The van der Waals surface area contributed by atoms with Crippen LogP contribution in [0.2, 0.25) is 5.02 Å². The average molecular weight is 371 g/mol. The van der Waals surface area contributed by atoms with Crippen LogP contribution in [0, 0.1) is 6.92 Å². The summed E-state index contributed by atoms with van der Waals surface area (Å²) in [5.74, 6) is -1.76. The summed E-state index contributed by atoms with van der Waals surface area (Å²) in [6.07, 6.45) is 0. The molecule has 0 spiro atoms. The molecular weight excluding hydrogens is 358 g/mol. The van der Waals surface area contributed by atoms with E-state index in [2.05, 4.69) is 5.32 Å². The van der Waals surface area contributed by atoms with Gasteiger partial charge in [0, 0.05) is 27.1 Å². The second-order valence-electron chi connectivity index (χ2n) is 5.47. The number of carboxylic acid groups (broad SMARTS) is 1. The summed E-state index contributed by atoms with van der Waals surface area (Å²) in [6.45, 7) is 1.95. The number of thiophene rings is 1. The van der Waals surface area contributed by atoms with E-state index in [1.54, 1.807) is 23.6 Å². The third-order valence-electron chi connectivity index (χ3n) is 3.67. The lowest BCUT2D eigenvalue weighted by Crippen LogP contribution is -2.24. The predicted molar refractivity (Wildman–Crippen MR) is 98.2 cm³/mol. The molecule has 0 atom stereocenters. The molecule has 2 aromatic carbocycles. The summed E-state index contributed by atoms with van der Waals surface area (Å²) >= 11 is 7.03. The lowest BCUT2D eigenvalue weighted by molar-refractivity contribution is -0.254. The minimum atomic E-state index is -1.33. The third-order valence-corrected chi connectivity index (χ3v) is 4.80. The SMILES string of the molecule is Cc1ccc(-c2csc(NC(=O)c3cccc(Cl)c3)c2C(=O)[O-])cc1. The Morgan fingerprint density at radius 2 is 1.84 bits per heavy atom. The molecule has 1 heterocycles. The third kappa shape index (κ3) is 3.73. The molecule has 0 saturated carbocycles. The van der Waals surface area contributed by atoms with E-state index in [0.29, 0.717) is 16.1 Å². The smallest absolute Gasteiger partial charge is 0.256 e. The summed E-state index contributed by atoms with van der Waals surface area (Å²) in [5, 5.41) is 16.6. The van der Waals surface area contributed by atoms with Crippen LogP contribution in [-0.2, 0) is 0 Å². The molecule has 0 aliphatic carbocycles. The Labute approximate surface area is 153 Å². The normalized spacial score (nSPS) is 10.5. The number of aryl methyl sites for hydroxylation is 1. The van der Waals surface area contributed by atoms with E-state index in [1.165, 1.54) is 6.07 Å². The molecule has 0 aliphatic rings. The second-order valence-corrected chi connectivity index (χ2v) is 6.79. The van der Waals surface area contributed by atoms with Crippen LogP contribution in [0.5, 0.6) is 0 Å². The first-order valence-electron chi connectivity index (χ1n) is 7.42. The number of carbonyl (C=O) groups excluding carboxylic acids is 2. The van der Waals surface area contributed by atoms with Gasteiger partial charge in [-0.05, 0) is 30.7 Å². The molecule has 1 amide bonds. The van der Waals surface area contributed by atoms with Crippen molar-refractivity contribution in [2.45, 2.75) is 6.92 Å². The Morgan fingerprint density at radius 3 is 2.48 bits per heavy atom. The van der Waals surface area contributed by atoms with Crippen LogP contribution < -0.4 is 10.4 Å². The Kier molecular flexibility index (Phi) is 4.88. The van der Waals surface area contributed by atoms with Gasteiger partial charge in [-0.2, -0.15) is 0 Å². The van der Waals surface area contributed by atoms with Crippen LogP contribution in [0.4, 0.5) is 5.00 Å². The molecule has 3 aromatic rings. The average Bonchev–Trinajstić information content (AvgIpc) is 2.99. The number of hydrogen-bond donors (Lipinski definition) is 1. The molecule has 0 fully saturated rings. The molecule has 3 rings (SSSR count). The molecule has 1 N–H and O–H groups in total.